The Morgan fingerprint density at radius 3 is 2.42 bits per heavy atom. The lowest BCUT2D eigenvalue weighted by molar-refractivity contribution is -0.0545. The van der Waals surface area contributed by atoms with E-state index in [1.807, 2.05) is 12.1 Å². The molecule has 0 amide bonds. The van der Waals surface area contributed by atoms with Crippen LogP contribution in [0.5, 0.6) is 5.75 Å². The second-order valence-electron chi connectivity index (χ2n) is 5.78. The number of nitrogens with one attached hydrogen (secondary N) is 1. The van der Waals surface area contributed by atoms with Gasteiger partial charge in [-0.25, -0.2) is 0 Å². The Labute approximate surface area is 125 Å². The summed E-state index contributed by atoms with van der Waals surface area (Å²) in [7, 11) is 0. The third-order valence-electron chi connectivity index (χ3n) is 3.93. The summed E-state index contributed by atoms with van der Waals surface area (Å²) in [5, 5.41) is 4.79. The Bertz CT molecular complexity index is 428. The Balaban J connectivity index is 1.98. The summed E-state index contributed by atoms with van der Waals surface area (Å²) in [6.45, 7) is 7.71. The summed E-state index contributed by atoms with van der Waals surface area (Å²) < 4.78 is 6.03. The van der Waals surface area contributed by atoms with Crippen LogP contribution in [0.25, 0.3) is 0 Å². The van der Waals surface area contributed by atoms with Gasteiger partial charge in [0.05, 0.1) is 0 Å². The predicted molar refractivity (Wildman–Crippen MR) is 81.4 cm³/mol. The van der Waals surface area contributed by atoms with E-state index in [2.05, 4.69) is 26.1 Å². The lowest BCUT2D eigenvalue weighted by Gasteiger charge is -2.51. The Kier molecular flexibility index (Phi) is 4.65. The summed E-state index contributed by atoms with van der Waals surface area (Å²) in [5.41, 5.74) is 0.129. The average Bonchev–Trinajstić information content (AvgIpc) is 2.31. The van der Waals surface area contributed by atoms with Gasteiger partial charge in [0.1, 0.15) is 11.9 Å². The Morgan fingerprint density at radius 1 is 1.26 bits per heavy atom. The van der Waals surface area contributed by atoms with Crippen molar-refractivity contribution in [3.63, 3.8) is 0 Å². The SMILES string of the molecule is CCCNC1CC(Oc2cc(Cl)cc(Cl)c2)C1(C)C. The lowest BCUT2D eigenvalue weighted by Crippen LogP contribution is -2.62. The fourth-order valence-corrected chi connectivity index (χ4v) is 3.02. The lowest BCUT2D eigenvalue weighted by atomic mass is 9.64. The highest BCUT2D eigenvalue weighted by Gasteiger charge is 2.49. The van der Waals surface area contributed by atoms with Crippen molar-refractivity contribution >= 4 is 23.2 Å². The molecule has 2 atom stereocenters. The number of rotatable bonds is 5. The van der Waals surface area contributed by atoms with E-state index in [-0.39, 0.29) is 11.5 Å². The zero-order valence-electron chi connectivity index (χ0n) is 11.7. The molecule has 4 heteroatoms. The van der Waals surface area contributed by atoms with Gasteiger partial charge in [0.25, 0.3) is 0 Å². The molecule has 0 spiro atoms. The van der Waals surface area contributed by atoms with Crippen LogP contribution in [-0.2, 0) is 0 Å². The van der Waals surface area contributed by atoms with Gasteiger partial charge in [-0.05, 0) is 31.2 Å². The molecule has 1 N–H and O–H groups in total. The molecule has 0 radical (unpaired) electrons. The molecule has 1 saturated carbocycles. The summed E-state index contributed by atoms with van der Waals surface area (Å²) in [4.78, 5) is 0. The van der Waals surface area contributed by atoms with Gasteiger partial charge in [-0.1, -0.05) is 44.0 Å². The zero-order valence-corrected chi connectivity index (χ0v) is 13.2. The molecule has 2 nitrogen and oxygen atoms in total. The minimum absolute atomic E-state index is 0.129. The zero-order chi connectivity index (χ0) is 14.0. The minimum Gasteiger partial charge on any atom is -0.490 e. The first kappa shape index (κ1) is 15.0. The van der Waals surface area contributed by atoms with Crippen LogP contribution in [-0.4, -0.2) is 18.7 Å². The van der Waals surface area contributed by atoms with Crippen molar-refractivity contribution in [3.8, 4) is 5.75 Å². The third-order valence-corrected chi connectivity index (χ3v) is 4.37. The van der Waals surface area contributed by atoms with E-state index in [9.17, 15) is 0 Å². The van der Waals surface area contributed by atoms with E-state index >= 15 is 0 Å². The number of ether oxygens (including phenoxy) is 1. The maximum atomic E-state index is 6.03. The second kappa shape index (κ2) is 5.90. The van der Waals surface area contributed by atoms with Crippen LogP contribution >= 0.6 is 23.2 Å². The van der Waals surface area contributed by atoms with Gasteiger partial charge in [0.2, 0.25) is 0 Å². The van der Waals surface area contributed by atoms with Crippen LogP contribution in [0.1, 0.15) is 33.6 Å². The molecule has 19 heavy (non-hydrogen) atoms. The minimum atomic E-state index is 0.129. The molecule has 0 aliphatic heterocycles. The van der Waals surface area contributed by atoms with Gasteiger partial charge in [0, 0.05) is 27.9 Å². The van der Waals surface area contributed by atoms with E-state index in [4.69, 9.17) is 27.9 Å². The summed E-state index contributed by atoms with van der Waals surface area (Å²) in [5.74, 6) is 0.754. The first-order valence-corrected chi connectivity index (χ1v) is 7.55. The van der Waals surface area contributed by atoms with Crippen LogP contribution in [0, 0.1) is 5.41 Å². The summed E-state index contributed by atoms with van der Waals surface area (Å²) in [6.07, 6.45) is 2.38. The number of halogens is 2. The average molecular weight is 302 g/mol. The van der Waals surface area contributed by atoms with E-state index < -0.39 is 0 Å². The maximum Gasteiger partial charge on any atom is 0.122 e. The van der Waals surface area contributed by atoms with Crippen LogP contribution in [0.15, 0.2) is 18.2 Å². The predicted octanol–water partition coefficient (Wildman–Crippen LogP) is 4.54. The molecule has 1 aliphatic carbocycles. The molecule has 2 unspecified atom stereocenters. The summed E-state index contributed by atoms with van der Waals surface area (Å²) >= 11 is 12.0. The molecule has 2 rings (SSSR count). The fourth-order valence-electron chi connectivity index (χ4n) is 2.51. The molecule has 0 aromatic heterocycles. The topological polar surface area (TPSA) is 21.3 Å². The molecule has 0 saturated heterocycles. The highest BCUT2D eigenvalue weighted by molar-refractivity contribution is 6.34. The highest BCUT2D eigenvalue weighted by Crippen LogP contribution is 2.43. The number of hydrogen-bond donors (Lipinski definition) is 1. The van der Waals surface area contributed by atoms with Gasteiger partial charge in [-0.3, -0.25) is 0 Å². The van der Waals surface area contributed by atoms with Crippen molar-refractivity contribution in [1.82, 2.24) is 5.32 Å². The van der Waals surface area contributed by atoms with E-state index in [0.29, 0.717) is 16.1 Å². The Morgan fingerprint density at radius 2 is 1.89 bits per heavy atom. The Hall–Kier alpha value is -0.440. The van der Waals surface area contributed by atoms with Gasteiger partial charge >= 0.3 is 0 Å². The van der Waals surface area contributed by atoms with Crippen LogP contribution in [0.4, 0.5) is 0 Å². The van der Waals surface area contributed by atoms with Crippen LogP contribution < -0.4 is 10.1 Å². The molecule has 1 aromatic carbocycles. The molecule has 0 bridgehead atoms. The van der Waals surface area contributed by atoms with Crippen molar-refractivity contribution in [2.24, 2.45) is 5.41 Å². The van der Waals surface area contributed by atoms with Gasteiger partial charge in [-0.15, -0.1) is 0 Å². The molecular weight excluding hydrogens is 281 g/mol. The first-order chi connectivity index (χ1) is 8.93. The second-order valence-corrected chi connectivity index (χ2v) is 6.65. The van der Waals surface area contributed by atoms with Crippen molar-refractivity contribution in [1.29, 1.82) is 0 Å². The summed E-state index contributed by atoms with van der Waals surface area (Å²) in [6, 6.07) is 5.87. The largest absolute Gasteiger partial charge is 0.490 e. The van der Waals surface area contributed by atoms with Crippen molar-refractivity contribution in [2.45, 2.75) is 45.8 Å². The van der Waals surface area contributed by atoms with Crippen molar-refractivity contribution < 1.29 is 4.74 Å². The van der Waals surface area contributed by atoms with Crippen molar-refractivity contribution in [2.75, 3.05) is 6.54 Å². The maximum absolute atomic E-state index is 6.03. The molecule has 106 valence electrons. The number of hydrogen-bond acceptors (Lipinski definition) is 2. The van der Waals surface area contributed by atoms with Crippen LogP contribution in [0.2, 0.25) is 10.0 Å². The van der Waals surface area contributed by atoms with Gasteiger partial charge < -0.3 is 10.1 Å². The molecule has 1 aromatic rings. The third kappa shape index (κ3) is 3.36. The molecule has 0 heterocycles. The quantitative estimate of drug-likeness (QED) is 0.862. The van der Waals surface area contributed by atoms with Crippen molar-refractivity contribution in [3.05, 3.63) is 28.2 Å². The van der Waals surface area contributed by atoms with Crippen LogP contribution in [0.3, 0.4) is 0 Å². The van der Waals surface area contributed by atoms with E-state index in [1.165, 1.54) is 0 Å². The smallest absolute Gasteiger partial charge is 0.122 e. The fraction of sp³-hybridized carbons (Fsp3) is 0.600. The van der Waals surface area contributed by atoms with Gasteiger partial charge in [0.15, 0.2) is 0 Å². The molecule has 1 aliphatic rings. The number of benzene rings is 1. The standard InChI is InChI=1S/C15H21Cl2NO/c1-4-5-18-13-9-14(15(13,2)3)19-12-7-10(16)6-11(17)8-12/h6-8,13-14,18H,4-5,9H2,1-3H3. The highest BCUT2D eigenvalue weighted by atomic mass is 35.5. The molecular formula is C15H21Cl2NO. The van der Waals surface area contributed by atoms with Gasteiger partial charge in [-0.2, -0.15) is 0 Å². The van der Waals surface area contributed by atoms with E-state index in [0.717, 1.165) is 25.1 Å². The monoisotopic (exact) mass is 301 g/mol. The van der Waals surface area contributed by atoms with E-state index in [1.54, 1.807) is 6.07 Å². The first-order valence-electron chi connectivity index (χ1n) is 6.79. The molecule has 1 fully saturated rings. The normalized spacial score (nSPS) is 24.9.